The van der Waals surface area contributed by atoms with E-state index in [0.717, 1.165) is 6.23 Å². The van der Waals surface area contributed by atoms with E-state index >= 15 is 0 Å². The average molecular weight is 136 g/mol. The molecule has 0 rings (SSSR count). The molecular formula is C4H12O3Si. The lowest BCUT2D eigenvalue weighted by molar-refractivity contribution is 0.0495. The lowest BCUT2D eigenvalue weighted by Gasteiger charge is -1.98. The molecule has 0 aromatic rings. The zero-order valence-corrected chi connectivity index (χ0v) is 6.76. The standard InChI is InChI=1S/C4H12O3Si/c1-5-3-7-8-4-6-2/h3-4,8H2,1-2H3. The maximum atomic E-state index is 5.01. The van der Waals surface area contributed by atoms with E-state index in [1.807, 2.05) is 0 Å². The van der Waals surface area contributed by atoms with Gasteiger partial charge in [-0.1, -0.05) is 0 Å². The van der Waals surface area contributed by atoms with Gasteiger partial charge in [0.05, 0.1) is 6.23 Å². The van der Waals surface area contributed by atoms with Gasteiger partial charge in [-0.15, -0.1) is 0 Å². The monoisotopic (exact) mass is 136 g/mol. The highest BCUT2D eigenvalue weighted by Gasteiger charge is 1.83. The Kier molecular flexibility index (Phi) is 7.18. The molecule has 0 aromatic carbocycles. The van der Waals surface area contributed by atoms with Crippen molar-refractivity contribution in [2.75, 3.05) is 27.2 Å². The third kappa shape index (κ3) is 6.10. The maximum absolute atomic E-state index is 5.01. The van der Waals surface area contributed by atoms with Crippen molar-refractivity contribution < 1.29 is 13.9 Å². The SMILES string of the molecule is COCO[SiH2]COC. The van der Waals surface area contributed by atoms with Gasteiger partial charge in [0, 0.05) is 14.2 Å². The largest absolute Gasteiger partial charge is 0.400 e. The molecule has 8 heavy (non-hydrogen) atoms. The minimum atomic E-state index is -0.447. The summed E-state index contributed by atoms with van der Waals surface area (Å²) in [7, 11) is 2.84. The van der Waals surface area contributed by atoms with E-state index in [9.17, 15) is 0 Å². The molecular weight excluding hydrogens is 124 g/mol. The predicted molar refractivity (Wildman–Crippen MR) is 33.4 cm³/mol. The molecule has 0 aromatic heterocycles. The molecule has 0 aliphatic heterocycles. The molecule has 0 bridgehead atoms. The number of hydrogen-bond acceptors (Lipinski definition) is 3. The number of methoxy groups -OCH3 is 2. The van der Waals surface area contributed by atoms with Crippen LogP contribution in [0.1, 0.15) is 0 Å². The summed E-state index contributed by atoms with van der Waals surface area (Å²) in [6.07, 6.45) is 0.767. The normalized spacial score (nSPS) is 11.2. The molecule has 0 spiro atoms. The number of rotatable bonds is 5. The second-order valence-electron chi connectivity index (χ2n) is 1.31. The lowest BCUT2D eigenvalue weighted by atomic mass is 11.4. The fourth-order valence-electron chi connectivity index (χ4n) is 0.285. The predicted octanol–water partition coefficient (Wildman–Crippen LogP) is -0.705. The third-order valence-electron chi connectivity index (χ3n) is 0.633. The van der Waals surface area contributed by atoms with Gasteiger partial charge in [-0.25, -0.2) is 0 Å². The van der Waals surface area contributed by atoms with Crippen LogP contribution in [-0.4, -0.2) is 37.0 Å². The van der Waals surface area contributed by atoms with Crippen molar-refractivity contribution in [3.8, 4) is 0 Å². The van der Waals surface area contributed by atoms with E-state index in [1.165, 1.54) is 0 Å². The van der Waals surface area contributed by atoms with Crippen molar-refractivity contribution >= 4 is 9.76 Å². The molecule has 0 radical (unpaired) electrons. The van der Waals surface area contributed by atoms with Crippen LogP contribution in [-0.2, 0) is 13.9 Å². The van der Waals surface area contributed by atoms with Crippen LogP contribution in [0.5, 0.6) is 0 Å². The van der Waals surface area contributed by atoms with Crippen molar-refractivity contribution in [3.63, 3.8) is 0 Å². The zero-order valence-electron chi connectivity index (χ0n) is 5.35. The summed E-state index contributed by atoms with van der Waals surface area (Å²) in [5.41, 5.74) is 0. The molecule has 0 heterocycles. The fourth-order valence-corrected chi connectivity index (χ4v) is 0.854. The van der Waals surface area contributed by atoms with E-state index in [4.69, 9.17) is 9.16 Å². The third-order valence-corrected chi connectivity index (χ3v) is 1.66. The fraction of sp³-hybridized carbons (Fsp3) is 1.00. The summed E-state index contributed by atoms with van der Waals surface area (Å²) in [6.45, 7) is 0.412. The number of ether oxygens (including phenoxy) is 2. The molecule has 0 saturated heterocycles. The van der Waals surface area contributed by atoms with E-state index in [1.54, 1.807) is 14.2 Å². The Hall–Kier alpha value is 0.0969. The maximum Gasteiger partial charge on any atom is 0.189 e. The molecule has 0 saturated carbocycles. The van der Waals surface area contributed by atoms with Gasteiger partial charge in [-0.2, -0.15) is 0 Å². The summed E-state index contributed by atoms with van der Waals surface area (Å²) >= 11 is 0. The van der Waals surface area contributed by atoms with Crippen LogP contribution in [0.25, 0.3) is 0 Å². The quantitative estimate of drug-likeness (QED) is 0.284. The van der Waals surface area contributed by atoms with Gasteiger partial charge in [0.2, 0.25) is 0 Å². The Bertz CT molecular complexity index is 36.3. The van der Waals surface area contributed by atoms with Gasteiger partial charge in [0.15, 0.2) is 9.76 Å². The van der Waals surface area contributed by atoms with Crippen molar-refractivity contribution in [2.45, 2.75) is 0 Å². The van der Waals surface area contributed by atoms with Crippen molar-refractivity contribution in [2.24, 2.45) is 0 Å². The van der Waals surface area contributed by atoms with Crippen LogP contribution in [0.3, 0.4) is 0 Å². The molecule has 0 unspecified atom stereocenters. The first-order valence-corrected chi connectivity index (χ1v) is 4.05. The smallest absolute Gasteiger partial charge is 0.189 e. The Morgan fingerprint density at radius 3 is 2.50 bits per heavy atom. The average Bonchev–Trinajstić information content (AvgIpc) is 1.81. The highest BCUT2D eigenvalue weighted by atomic mass is 28.2. The topological polar surface area (TPSA) is 27.7 Å². The van der Waals surface area contributed by atoms with Crippen LogP contribution in [0.15, 0.2) is 0 Å². The van der Waals surface area contributed by atoms with Gasteiger partial charge in [0.1, 0.15) is 6.79 Å². The van der Waals surface area contributed by atoms with Crippen LogP contribution < -0.4 is 0 Å². The van der Waals surface area contributed by atoms with Crippen LogP contribution in [0.2, 0.25) is 0 Å². The van der Waals surface area contributed by atoms with Gasteiger partial charge in [0.25, 0.3) is 0 Å². The minimum Gasteiger partial charge on any atom is -0.400 e. The summed E-state index contributed by atoms with van der Waals surface area (Å²) in [4.78, 5) is 0. The summed E-state index contributed by atoms with van der Waals surface area (Å²) in [5, 5.41) is 0. The van der Waals surface area contributed by atoms with Gasteiger partial charge in [-0.3, -0.25) is 0 Å². The molecule has 50 valence electrons. The minimum absolute atomic E-state index is 0.412. The lowest BCUT2D eigenvalue weighted by Crippen LogP contribution is -2.07. The van der Waals surface area contributed by atoms with Crippen molar-refractivity contribution in [3.05, 3.63) is 0 Å². The first-order valence-electron chi connectivity index (χ1n) is 2.47. The molecule has 0 atom stereocenters. The first-order chi connectivity index (χ1) is 3.91. The Morgan fingerprint density at radius 1 is 1.25 bits per heavy atom. The van der Waals surface area contributed by atoms with Crippen LogP contribution in [0.4, 0.5) is 0 Å². The second kappa shape index (κ2) is 7.10. The van der Waals surface area contributed by atoms with Crippen LogP contribution >= 0.6 is 0 Å². The molecule has 0 fully saturated rings. The molecule has 4 heteroatoms. The summed E-state index contributed by atoms with van der Waals surface area (Å²) in [6, 6.07) is 0. The van der Waals surface area contributed by atoms with E-state index in [0.29, 0.717) is 6.79 Å². The van der Waals surface area contributed by atoms with Crippen LogP contribution in [0, 0.1) is 0 Å². The molecule has 0 aliphatic rings. The van der Waals surface area contributed by atoms with Gasteiger partial charge in [-0.05, 0) is 0 Å². The molecule has 0 aliphatic carbocycles. The molecule has 0 N–H and O–H groups in total. The first kappa shape index (κ1) is 8.10. The van der Waals surface area contributed by atoms with E-state index < -0.39 is 9.76 Å². The summed E-state index contributed by atoms with van der Waals surface area (Å²) in [5.74, 6) is 0. The number of hydrogen-bond donors (Lipinski definition) is 0. The van der Waals surface area contributed by atoms with Crippen molar-refractivity contribution in [1.82, 2.24) is 0 Å². The second-order valence-corrected chi connectivity index (χ2v) is 2.53. The van der Waals surface area contributed by atoms with Crippen molar-refractivity contribution in [1.29, 1.82) is 0 Å². The van der Waals surface area contributed by atoms with Gasteiger partial charge >= 0.3 is 0 Å². The highest BCUT2D eigenvalue weighted by Crippen LogP contribution is 1.70. The summed E-state index contributed by atoms with van der Waals surface area (Å²) < 4.78 is 14.4. The Labute approximate surface area is 51.9 Å². The Morgan fingerprint density at radius 2 is 2.00 bits per heavy atom. The molecule has 0 amide bonds. The van der Waals surface area contributed by atoms with Gasteiger partial charge < -0.3 is 13.9 Å². The van der Waals surface area contributed by atoms with E-state index in [2.05, 4.69) is 4.74 Å². The Balaban J connectivity index is 2.53. The zero-order chi connectivity index (χ0) is 6.24. The highest BCUT2D eigenvalue weighted by molar-refractivity contribution is 6.26. The van der Waals surface area contributed by atoms with E-state index in [-0.39, 0.29) is 0 Å². The molecule has 3 nitrogen and oxygen atoms in total.